The summed E-state index contributed by atoms with van der Waals surface area (Å²) in [5.74, 6) is -0.136. The Bertz CT molecular complexity index is 728. The number of aliphatic hydroxyl groups is 1. The van der Waals surface area contributed by atoms with Crippen molar-refractivity contribution >= 4 is 11.6 Å². The minimum absolute atomic E-state index is 0.166. The van der Waals surface area contributed by atoms with Gasteiger partial charge in [-0.25, -0.2) is 0 Å². The first-order chi connectivity index (χ1) is 11.2. The van der Waals surface area contributed by atoms with Crippen molar-refractivity contribution in [1.82, 2.24) is 9.88 Å². The Labute approximate surface area is 134 Å². The first-order valence-electron chi connectivity index (χ1n) is 7.54. The fourth-order valence-corrected chi connectivity index (χ4v) is 2.88. The summed E-state index contributed by atoms with van der Waals surface area (Å²) < 4.78 is 0. The Hall–Kier alpha value is -2.37. The van der Waals surface area contributed by atoms with Crippen LogP contribution in [0.1, 0.15) is 27.0 Å². The van der Waals surface area contributed by atoms with Crippen molar-refractivity contribution < 1.29 is 14.7 Å². The molecule has 0 fully saturated rings. The first-order valence-corrected chi connectivity index (χ1v) is 7.54. The van der Waals surface area contributed by atoms with Gasteiger partial charge in [0.2, 0.25) is 0 Å². The molecule has 5 heteroatoms. The third kappa shape index (κ3) is 3.70. The Kier molecular flexibility index (Phi) is 4.60. The molecule has 1 aliphatic heterocycles. The van der Waals surface area contributed by atoms with E-state index in [-0.39, 0.29) is 11.6 Å². The summed E-state index contributed by atoms with van der Waals surface area (Å²) in [6, 6.07) is 9.17. The molecule has 118 valence electrons. The fourth-order valence-electron chi connectivity index (χ4n) is 2.88. The van der Waals surface area contributed by atoms with Crippen molar-refractivity contribution in [2.75, 3.05) is 13.2 Å². The highest BCUT2D eigenvalue weighted by atomic mass is 16.3. The molecular weight excluding hydrogens is 292 g/mol. The topological polar surface area (TPSA) is 70.5 Å². The van der Waals surface area contributed by atoms with Crippen LogP contribution in [0, 0.1) is 0 Å². The van der Waals surface area contributed by atoms with Crippen molar-refractivity contribution in [2.24, 2.45) is 0 Å². The van der Waals surface area contributed by atoms with Crippen LogP contribution in [0.15, 0.2) is 42.7 Å². The smallest absolute Gasteiger partial charge is 0.188 e. The van der Waals surface area contributed by atoms with E-state index in [0.717, 1.165) is 16.7 Å². The maximum Gasteiger partial charge on any atom is 0.188 e. The number of benzene rings is 1. The summed E-state index contributed by atoms with van der Waals surface area (Å²) in [5.41, 5.74) is 3.52. The van der Waals surface area contributed by atoms with E-state index in [1.807, 2.05) is 18.2 Å². The van der Waals surface area contributed by atoms with Gasteiger partial charge in [-0.3, -0.25) is 19.5 Å². The van der Waals surface area contributed by atoms with Gasteiger partial charge in [-0.05, 0) is 34.9 Å². The second kappa shape index (κ2) is 6.81. The second-order valence-electron chi connectivity index (χ2n) is 5.78. The second-order valence-corrected chi connectivity index (χ2v) is 5.78. The van der Waals surface area contributed by atoms with Crippen molar-refractivity contribution in [2.45, 2.75) is 19.5 Å². The van der Waals surface area contributed by atoms with Crippen LogP contribution >= 0.6 is 0 Å². The maximum atomic E-state index is 12.2. The summed E-state index contributed by atoms with van der Waals surface area (Å²) in [7, 11) is 0. The molecule has 1 aromatic carbocycles. The number of pyridine rings is 1. The van der Waals surface area contributed by atoms with Gasteiger partial charge in [0.05, 0.1) is 6.54 Å². The molecule has 0 saturated carbocycles. The average molecular weight is 310 g/mol. The third-order valence-electron chi connectivity index (χ3n) is 4.01. The predicted molar refractivity (Wildman–Crippen MR) is 84.9 cm³/mol. The van der Waals surface area contributed by atoms with Gasteiger partial charge in [0, 0.05) is 37.5 Å². The van der Waals surface area contributed by atoms with Gasteiger partial charge < -0.3 is 5.11 Å². The summed E-state index contributed by atoms with van der Waals surface area (Å²) in [5, 5.41) is 9.02. The van der Waals surface area contributed by atoms with Crippen LogP contribution in [0.25, 0.3) is 0 Å². The highest BCUT2D eigenvalue weighted by Crippen LogP contribution is 2.20. The largest absolute Gasteiger partial charge is 0.388 e. The van der Waals surface area contributed by atoms with Gasteiger partial charge in [0.15, 0.2) is 11.6 Å². The number of carbonyl (C=O) groups excluding carboxylic acids is 2. The Morgan fingerprint density at radius 3 is 2.65 bits per heavy atom. The van der Waals surface area contributed by atoms with Crippen molar-refractivity contribution in [3.8, 4) is 0 Å². The predicted octanol–water partition coefficient (Wildman–Crippen LogP) is 1.38. The SMILES string of the molecule is O=C1Cc2ccc(C(=O)CO)cc2CN(Cc2ccncc2)C1. The highest BCUT2D eigenvalue weighted by Gasteiger charge is 2.21. The standard InChI is InChI=1S/C18H18N2O3/c21-12-18(23)15-2-1-14-8-17(22)11-20(10-16(14)7-15)9-13-3-5-19-6-4-13/h1-7,21H,8-12H2. The van der Waals surface area contributed by atoms with Crippen LogP contribution in [0.4, 0.5) is 0 Å². The fraction of sp³-hybridized carbons (Fsp3) is 0.278. The van der Waals surface area contributed by atoms with Crippen molar-refractivity contribution in [3.63, 3.8) is 0 Å². The van der Waals surface area contributed by atoms with Crippen LogP contribution in [-0.4, -0.2) is 39.7 Å². The number of hydrogen-bond donors (Lipinski definition) is 1. The number of fused-ring (bicyclic) bond motifs is 1. The molecule has 0 radical (unpaired) electrons. The summed E-state index contributed by atoms with van der Waals surface area (Å²) in [4.78, 5) is 29.9. The first kappa shape index (κ1) is 15.5. The van der Waals surface area contributed by atoms with Gasteiger partial charge in [0.1, 0.15) is 6.61 Å². The Balaban J connectivity index is 1.86. The van der Waals surface area contributed by atoms with Crippen molar-refractivity contribution in [1.29, 1.82) is 0 Å². The van der Waals surface area contributed by atoms with E-state index in [1.54, 1.807) is 24.5 Å². The molecule has 1 aromatic heterocycles. The van der Waals surface area contributed by atoms with Gasteiger partial charge >= 0.3 is 0 Å². The zero-order valence-electron chi connectivity index (χ0n) is 12.7. The molecule has 2 aromatic rings. The number of ketones is 2. The number of carbonyl (C=O) groups is 2. The van der Waals surface area contributed by atoms with E-state index in [2.05, 4.69) is 9.88 Å². The molecule has 1 N–H and O–H groups in total. The van der Waals surface area contributed by atoms with E-state index in [4.69, 9.17) is 5.11 Å². The molecule has 0 saturated heterocycles. The normalized spacial score (nSPS) is 15.1. The lowest BCUT2D eigenvalue weighted by molar-refractivity contribution is -0.119. The van der Waals surface area contributed by atoms with E-state index < -0.39 is 6.61 Å². The number of aliphatic hydroxyl groups excluding tert-OH is 1. The number of rotatable bonds is 4. The van der Waals surface area contributed by atoms with Crippen molar-refractivity contribution in [3.05, 3.63) is 65.0 Å². The van der Waals surface area contributed by atoms with Crippen LogP contribution in [0.2, 0.25) is 0 Å². The molecule has 1 aliphatic rings. The van der Waals surface area contributed by atoms with Crippen LogP contribution < -0.4 is 0 Å². The molecule has 0 spiro atoms. The number of nitrogens with zero attached hydrogens (tertiary/aromatic N) is 2. The van der Waals surface area contributed by atoms with E-state index >= 15 is 0 Å². The Morgan fingerprint density at radius 2 is 1.91 bits per heavy atom. The zero-order valence-corrected chi connectivity index (χ0v) is 12.7. The van der Waals surface area contributed by atoms with E-state index in [0.29, 0.717) is 31.6 Å². The monoisotopic (exact) mass is 310 g/mol. The molecule has 5 nitrogen and oxygen atoms in total. The number of aromatic nitrogens is 1. The lowest BCUT2D eigenvalue weighted by Gasteiger charge is -2.20. The molecule has 0 bridgehead atoms. The molecule has 3 rings (SSSR count). The van der Waals surface area contributed by atoms with E-state index in [1.165, 1.54) is 0 Å². The summed E-state index contributed by atoms with van der Waals surface area (Å²) >= 11 is 0. The molecule has 23 heavy (non-hydrogen) atoms. The molecule has 0 amide bonds. The average Bonchev–Trinajstić information content (AvgIpc) is 2.71. The number of hydrogen-bond acceptors (Lipinski definition) is 5. The van der Waals surface area contributed by atoms with Crippen LogP contribution in [0.3, 0.4) is 0 Å². The van der Waals surface area contributed by atoms with Gasteiger partial charge in [0.25, 0.3) is 0 Å². The number of Topliss-reactive ketones (excluding diaryl/α,β-unsaturated/α-hetero) is 2. The lowest BCUT2D eigenvalue weighted by Crippen LogP contribution is -2.27. The zero-order chi connectivity index (χ0) is 16.2. The van der Waals surface area contributed by atoms with E-state index in [9.17, 15) is 9.59 Å². The highest BCUT2D eigenvalue weighted by molar-refractivity contribution is 5.97. The quantitative estimate of drug-likeness (QED) is 0.864. The maximum absolute atomic E-state index is 12.2. The lowest BCUT2D eigenvalue weighted by atomic mass is 9.99. The molecule has 2 heterocycles. The molecule has 0 aliphatic carbocycles. The minimum atomic E-state index is -0.502. The molecular formula is C18H18N2O3. The summed E-state index contributed by atoms with van der Waals surface area (Å²) in [6.45, 7) is 1.15. The molecule has 0 atom stereocenters. The van der Waals surface area contributed by atoms with Gasteiger partial charge in [-0.1, -0.05) is 12.1 Å². The van der Waals surface area contributed by atoms with Crippen LogP contribution in [0.5, 0.6) is 0 Å². The van der Waals surface area contributed by atoms with Gasteiger partial charge in [-0.2, -0.15) is 0 Å². The van der Waals surface area contributed by atoms with Crippen LogP contribution in [-0.2, 0) is 24.3 Å². The van der Waals surface area contributed by atoms with Gasteiger partial charge in [-0.15, -0.1) is 0 Å². The third-order valence-corrected chi connectivity index (χ3v) is 4.01. The Morgan fingerprint density at radius 1 is 1.13 bits per heavy atom. The minimum Gasteiger partial charge on any atom is -0.388 e. The summed E-state index contributed by atoms with van der Waals surface area (Å²) in [6.07, 6.45) is 3.86. The molecule has 0 unspecified atom stereocenters.